The van der Waals surface area contributed by atoms with Gasteiger partial charge in [0.2, 0.25) is 0 Å². The second-order valence-electron chi connectivity index (χ2n) is 4.11. The van der Waals surface area contributed by atoms with Crippen LogP contribution in [-0.2, 0) is 4.74 Å². The van der Waals surface area contributed by atoms with Gasteiger partial charge >= 0.3 is 0 Å². The summed E-state index contributed by atoms with van der Waals surface area (Å²) >= 11 is 0. The van der Waals surface area contributed by atoms with Gasteiger partial charge in [-0.3, -0.25) is 4.90 Å². The second kappa shape index (κ2) is 4.94. The normalized spacial score (nSPS) is 32.3. The third-order valence-electron chi connectivity index (χ3n) is 3.05. The Balaban J connectivity index is 2.42. The van der Waals surface area contributed by atoms with Crippen molar-refractivity contribution < 1.29 is 4.74 Å². The summed E-state index contributed by atoms with van der Waals surface area (Å²) in [5, 5.41) is 0. The Hall–Kier alpha value is -0.120. The summed E-state index contributed by atoms with van der Waals surface area (Å²) in [6.45, 7) is 7.42. The lowest BCUT2D eigenvalue weighted by Crippen LogP contribution is -2.38. The summed E-state index contributed by atoms with van der Waals surface area (Å²) in [6, 6.07) is 0.909. The predicted molar refractivity (Wildman–Crippen MR) is 54.7 cm³/mol. The van der Waals surface area contributed by atoms with E-state index in [1.807, 2.05) is 0 Å². The molecule has 0 aromatic heterocycles. The van der Waals surface area contributed by atoms with E-state index in [1.165, 1.54) is 0 Å². The molecule has 2 N–H and O–H groups in total. The number of nitrogens with zero attached hydrogens (tertiary/aromatic N) is 1. The third-order valence-corrected chi connectivity index (χ3v) is 3.05. The van der Waals surface area contributed by atoms with Crippen molar-refractivity contribution in [2.24, 2.45) is 11.7 Å². The van der Waals surface area contributed by atoms with Crippen LogP contribution in [0.2, 0.25) is 0 Å². The summed E-state index contributed by atoms with van der Waals surface area (Å²) < 4.78 is 5.20. The lowest BCUT2D eigenvalue weighted by molar-refractivity contribution is 0.100. The first kappa shape index (κ1) is 11.0. The van der Waals surface area contributed by atoms with E-state index in [9.17, 15) is 0 Å². The lowest BCUT2D eigenvalue weighted by atomic mass is 10.1. The molecule has 0 aliphatic carbocycles. The number of methoxy groups -OCH3 is 1. The first-order valence-corrected chi connectivity index (χ1v) is 5.17. The van der Waals surface area contributed by atoms with Crippen molar-refractivity contribution in [3.05, 3.63) is 0 Å². The molecule has 0 saturated carbocycles. The van der Waals surface area contributed by atoms with Crippen molar-refractivity contribution in [3.8, 4) is 0 Å². The molecule has 0 aromatic carbocycles. The zero-order chi connectivity index (χ0) is 9.84. The van der Waals surface area contributed by atoms with Crippen molar-refractivity contribution in [1.82, 2.24) is 4.90 Å². The van der Waals surface area contributed by atoms with E-state index in [4.69, 9.17) is 10.5 Å². The first-order chi connectivity index (χ1) is 6.19. The monoisotopic (exact) mass is 186 g/mol. The Labute approximate surface area is 81.2 Å². The zero-order valence-electron chi connectivity index (χ0n) is 8.99. The highest BCUT2D eigenvalue weighted by Crippen LogP contribution is 2.18. The van der Waals surface area contributed by atoms with Crippen LogP contribution in [0.5, 0.6) is 0 Å². The lowest BCUT2D eigenvalue weighted by Gasteiger charge is -2.25. The van der Waals surface area contributed by atoms with Crippen LogP contribution in [0, 0.1) is 5.92 Å². The van der Waals surface area contributed by atoms with E-state index < -0.39 is 0 Å². The highest BCUT2D eigenvalue weighted by atomic mass is 16.5. The van der Waals surface area contributed by atoms with E-state index >= 15 is 0 Å². The Kier molecular flexibility index (Phi) is 4.16. The van der Waals surface area contributed by atoms with Crippen LogP contribution in [0.4, 0.5) is 0 Å². The molecule has 0 spiro atoms. The average molecular weight is 186 g/mol. The molecular weight excluding hydrogens is 164 g/mol. The molecule has 1 rings (SSSR count). The van der Waals surface area contributed by atoms with Gasteiger partial charge in [-0.2, -0.15) is 0 Å². The molecule has 1 aliphatic rings. The molecule has 0 aromatic rings. The largest absolute Gasteiger partial charge is 0.383 e. The average Bonchev–Trinajstić information content (AvgIpc) is 2.43. The standard InChI is InChI=1S/C10H22N2O/c1-4-9(7-13-3)12-5-8(2)10(11)6-12/h8-10H,4-7,11H2,1-3H3. The summed E-state index contributed by atoms with van der Waals surface area (Å²) in [6.07, 6.45) is 1.15. The van der Waals surface area contributed by atoms with Crippen LogP contribution >= 0.6 is 0 Å². The first-order valence-electron chi connectivity index (χ1n) is 5.17. The van der Waals surface area contributed by atoms with Crippen LogP contribution in [0.1, 0.15) is 20.3 Å². The third kappa shape index (κ3) is 2.66. The fraction of sp³-hybridized carbons (Fsp3) is 1.00. The maximum Gasteiger partial charge on any atom is 0.0617 e. The maximum absolute atomic E-state index is 5.97. The molecule has 1 heterocycles. The Bertz CT molecular complexity index is 142. The van der Waals surface area contributed by atoms with Gasteiger partial charge < -0.3 is 10.5 Å². The van der Waals surface area contributed by atoms with Gasteiger partial charge in [-0.15, -0.1) is 0 Å². The van der Waals surface area contributed by atoms with Gasteiger partial charge in [0.25, 0.3) is 0 Å². The molecule has 1 aliphatic heterocycles. The summed E-state index contributed by atoms with van der Waals surface area (Å²) in [4.78, 5) is 2.46. The van der Waals surface area contributed by atoms with Gasteiger partial charge in [0, 0.05) is 32.3 Å². The summed E-state index contributed by atoms with van der Waals surface area (Å²) in [5.74, 6) is 0.630. The Morgan fingerprint density at radius 3 is 2.62 bits per heavy atom. The molecule has 3 heteroatoms. The van der Waals surface area contributed by atoms with Crippen molar-refractivity contribution in [3.63, 3.8) is 0 Å². The van der Waals surface area contributed by atoms with Crippen LogP contribution in [0.3, 0.4) is 0 Å². The van der Waals surface area contributed by atoms with Gasteiger partial charge in [-0.05, 0) is 12.3 Å². The van der Waals surface area contributed by atoms with Crippen LogP contribution in [-0.4, -0.2) is 43.8 Å². The Morgan fingerprint density at radius 1 is 1.54 bits per heavy atom. The number of likely N-dealkylation sites (tertiary alicyclic amines) is 1. The molecule has 3 atom stereocenters. The SMILES string of the molecule is CCC(COC)N1CC(C)C(N)C1. The molecule has 0 bridgehead atoms. The van der Waals surface area contributed by atoms with Crippen molar-refractivity contribution in [2.45, 2.75) is 32.4 Å². The minimum atomic E-state index is 0.353. The topological polar surface area (TPSA) is 38.5 Å². The fourth-order valence-corrected chi connectivity index (χ4v) is 2.00. The molecule has 13 heavy (non-hydrogen) atoms. The smallest absolute Gasteiger partial charge is 0.0617 e. The maximum atomic E-state index is 5.97. The van der Waals surface area contributed by atoms with Crippen molar-refractivity contribution >= 4 is 0 Å². The number of hydrogen-bond donors (Lipinski definition) is 1. The van der Waals surface area contributed by atoms with Crippen LogP contribution in [0.25, 0.3) is 0 Å². The van der Waals surface area contributed by atoms with E-state index in [0.717, 1.165) is 26.1 Å². The molecular formula is C10H22N2O. The van der Waals surface area contributed by atoms with Gasteiger partial charge in [0.05, 0.1) is 6.61 Å². The zero-order valence-corrected chi connectivity index (χ0v) is 8.99. The fourth-order valence-electron chi connectivity index (χ4n) is 2.00. The molecule has 1 saturated heterocycles. The second-order valence-corrected chi connectivity index (χ2v) is 4.11. The molecule has 3 nitrogen and oxygen atoms in total. The molecule has 3 unspecified atom stereocenters. The van der Waals surface area contributed by atoms with Crippen LogP contribution < -0.4 is 5.73 Å². The van der Waals surface area contributed by atoms with Gasteiger partial charge in [-0.1, -0.05) is 13.8 Å². The number of nitrogens with two attached hydrogens (primary N) is 1. The molecule has 0 radical (unpaired) electrons. The highest BCUT2D eigenvalue weighted by molar-refractivity contribution is 4.87. The summed E-state index contributed by atoms with van der Waals surface area (Å²) in [5.41, 5.74) is 5.97. The van der Waals surface area contributed by atoms with Crippen LogP contribution in [0.15, 0.2) is 0 Å². The molecule has 78 valence electrons. The number of ether oxygens (including phenoxy) is 1. The molecule has 0 amide bonds. The van der Waals surface area contributed by atoms with E-state index in [1.54, 1.807) is 7.11 Å². The number of hydrogen-bond acceptors (Lipinski definition) is 3. The quantitative estimate of drug-likeness (QED) is 0.702. The van der Waals surface area contributed by atoms with Crippen molar-refractivity contribution in [1.29, 1.82) is 0 Å². The van der Waals surface area contributed by atoms with E-state index in [0.29, 0.717) is 18.0 Å². The van der Waals surface area contributed by atoms with E-state index in [2.05, 4.69) is 18.7 Å². The number of rotatable bonds is 4. The highest BCUT2D eigenvalue weighted by Gasteiger charge is 2.30. The molecule has 1 fully saturated rings. The summed E-state index contributed by atoms with van der Waals surface area (Å²) in [7, 11) is 1.77. The van der Waals surface area contributed by atoms with Gasteiger partial charge in [0.1, 0.15) is 0 Å². The van der Waals surface area contributed by atoms with Crippen molar-refractivity contribution in [2.75, 3.05) is 26.8 Å². The van der Waals surface area contributed by atoms with Gasteiger partial charge in [0.15, 0.2) is 0 Å². The minimum absolute atomic E-state index is 0.353. The van der Waals surface area contributed by atoms with E-state index in [-0.39, 0.29) is 0 Å². The minimum Gasteiger partial charge on any atom is -0.383 e. The predicted octanol–water partition coefficient (Wildman–Crippen LogP) is 0.690. The van der Waals surface area contributed by atoms with Gasteiger partial charge in [-0.25, -0.2) is 0 Å². The Morgan fingerprint density at radius 2 is 2.23 bits per heavy atom.